The van der Waals surface area contributed by atoms with E-state index in [1.54, 1.807) is 42.6 Å². The fourth-order valence-corrected chi connectivity index (χ4v) is 3.17. The highest BCUT2D eigenvalue weighted by Crippen LogP contribution is 2.37. The SMILES string of the molecule is Cc1nnc(NC2(C(F)(F)F)NC(=O)N(CCc3ccccc3)C2=O)s1. The average molecular weight is 385 g/mol. The van der Waals surface area contributed by atoms with Crippen molar-refractivity contribution in [1.82, 2.24) is 20.4 Å². The first-order valence-electron chi connectivity index (χ1n) is 7.56. The van der Waals surface area contributed by atoms with Crippen LogP contribution in [-0.2, 0) is 11.2 Å². The van der Waals surface area contributed by atoms with Crippen LogP contribution in [0.4, 0.5) is 23.1 Å². The average Bonchev–Trinajstić information content (AvgIpc) is 3.08. The molecule has 2 N–H and O–H groups in total. The van der Waals surface area contributed by atoms with Gasteiger partial charge in [0.15, 0.2) is 0 Å². The number of benzene rings is 1. The Hall–Kier alpha value is -2.69. The van der Waals surface area contributed by atoms with Crippen molar-refractivity contribution in [2.24, 2.45) is 0 Å². The zero-order chi connectivity index (χ0) is 18.9. The molecule has 1 saturated heterocycles. The van der Waals surface area contributed by atoms with Crippen LogP contribution >= 0.6 is 11.3 Å². The Balaban J connectivity index is 1.84. The highest BCUT2D eigenvalue weighted by Gasteiger charge is 2.68. The third kappa shape index (κ3) is 3.21. The number of aromatic nitrogens is 2. The second-order valence-corrected chi connectivity index (χ2v) is 6.80. The van der Waals surface area contributed by atoms with Crippen LogP contribution in [0.25, 0.3) is 0 Å². The van der Waals surface area contributed by atoms with Crippen LogP contribution in [0.15, 0.2) is 30.3 Å². The van der Waals surface area contributed by atoms with Crippen molar-refractivity contribution >= 4 is 28.4 Å². The van der Waals surface area contributed by atoms with Crippen LogP contribution < -0.4 is 10.6 Å². The minimum atomic E-state index is -5.07. The number of amides is 3. The van der Waals surface area contributed by atoms with Gasteiger partial charge in [-0.05, 0) is 18.9 Å². The summed E-state index contributed by atoms with van der Waals surface area (Å²) in [7, 11) is 0. The molecule has 1 fully saturated rings. The quantitative estimate of drug-likeness (QED) is 0.772. The fraction of sp³-hybridized carbons (Fsp3) is 0.333. The molecule has 3 amide bonds. The van der Waals surface area contributed by atoms with Gasteiger partial charge < -0.3 is 5.32 Å². The number of imide groups is 1. The van der Waals surface area contributed by atoms with Crippen molar-refractivity contribution in [1.29, 1.82) is 0 Å². The van der Waals surface area contributed by atoms with E-state index in [4.69, 9.17) is 0 Å². The van der Waals surface area contributed by atoms with Crippen molar-refractivity contribution in [3.05, 3.63) is 40.9 Å². The van der Waals surface area contributed by atoms with Gasteiger partial charge in [-0.1, -0.05) is 41.7 Å². The van der Waals surface area contributed by atoms with E-state index in [0.717, 1.165) is 16.9 Å². The summed E-state index contributed by atoms with van der Waals surface area (Å²) in [6.07, 6.45) is -4.83. The molecule has 1 unspecified atom stereocenters. The zero-order valence-corrected chi connectivity index (χ0v) is 14.3. The van der Waals surface area contributed by atoms with Crippen molar-refractivity contribution < 1.29 is 22.8 Å². The molecule has 7 nitrogen and oxygen atoms in total. The summed E-state index contributed by atoms with van der Waals surface area (Å²) in [5, 5.41) is 11.1. The van der Waals surface area contributed by atoms with E-state index < -0.39 is 23.8 Å². The third-order valence-electron chi connectivity index (χ3n) is 3.82. The summed E-state index contributed by atoms with van der Waals surface area (Å²) < 4.78 is 41.1. The molecule has 1 aliphatic rings. The number of rotatable bonds is 5. The number of carbonyl (C=O) groups excluding carboxylic acids is 2. The summed E-state index contributed by atoms with van der Waals surface area (Å²) in [5.74, 6) is -1.42. The number of hydrogen-bond donors (Lipinski definition) is 2. The van der Waals surface area contributed by atoms with Gasteiger partial charge in [0.05, 0.1) is 0 Å². The maximum atomic E-state index is 13.7. The van der Waals surface area contributed by atoms with E-state index in [2.05, 4.69) is 10.2 Å². The predicted molar refractivity (Wildman–Crippen MR) is 87.4 cm³/mol. The van der Waals surface area contributed by atoms with Gasteiger partial charge in [0.1, 0.15) is 5.01 Å². The Labute approximate surface area is 150 Å². The van der Waals surface area contributed by atoms with Gasteiger partial charge in [-0.25, -0.2) is 4.79 Å². The van der Waals surface area contributed by atoms with Gasteiger partial charge in [0, 0.05) is 6.54 Å². The normalized spacial score (nSPS) is 20.4. The van der Waals surface area contributed by atoms with E-state index in [1.165, 1.54) is 0 Å². The van der Waals surface area contributed by atoms with Crippen LogP contribution in [-0.4, -0.2) is 45.4 Å². The molecular weight excluding hydrogens is 371 g/mol. The number of alkyl halides is 3. The highest BCUT2D eigenvalue weighted by molar-refractivity contribution is 7.15. The predicted octanol–water partition coefficient (Wildman–Crippen LogP) is 2.31. The minimum Gasteiger partial charge on any atom is -0.322 e. The standard InChI is InChI=1S/C15H14F3N5O2S/c1-9-21-22-12(26-9)19-14(15(16,17)18)11(24)23(13(25)20-14)8-7-10-5-3-2-4-6-10/h2-6H,7-8H2,1H3,(H,19,22)(H,20,25). The van der Waals surface area contributed by atoms with Gasteiger partial charge in [-0.3, -0.25) is 15.0 Å². The van der Waals surface area contributed by atoms with Gasteiger partial charge in [0.25, 0.3) is 11.6 Å². The van der Waals surface area contributed by atoms with Gasteiger partial charge in [0.2, 0.25) is 5.13 Å². The Bertz CT molecular complexity index is 826. The molecule has 0 aliphatic carbocycles. The molecule has 1 aliphatic heterocycles. The Kier molecular flexibility index (Phi) is 4.57. The van der Waals surface area contributed by atoms with Crippen molar-refractivity contribution in [2.75, 3.05) is 11.9 Å². The van der Waals surface area contributed by atoms with Crippen LogP contribution in [0, 0.1) is 6.92 Å². The summed E-state index contributed by atoms with van der Waals surface area (Å²) in [6.45, 7) is 1.38. The van der Waals surface area contributed by atoms with Gasteiger partial charge >= 0.3 is 12.2 Å². The van der Waals surface area contributed by atoms with Crippen LogP contribution in [0.3, 0.4) is 0 Å². The molecule has 138 valence electrons. The van der Waals surface area contributed by atoms with E-state index >= 15 is 0 Å². The van der Waals surface area contributed by atoms with E-state index in [9.17, 15) is 22.8 Å². The number of aryl methyl sites for hydroxylation is 1. The van der Waals surface area contributed by atoms with Crippen LogP contribution in [0.2, 0.25) is 0 Å². The van der Waals surface area contributed by atoms with E-state index in [0.29, 0.717) is 9.91 Å². The lowest BCUT2D eigenvalue weighted by molar-refractivity contribution is -0.188. The number of hydrogen-bond acceptors (Lipinski definition) is 6. The number of anilines is 1. The molecule has 3 rings (SSSR count). The zero-order valence-electron chi connectivity index (χ0n) is 13.5. The first kappa shape index (κ1) is 18.1. The number of carbonyl (C=O) groups is 2. The number of nitrogens with one attached hydrogen (secondary N) is 2. The number of nitrogens with zero attached hydrogens (tertiary/aromatic N) is 3. The summed E-state index contributed by atoms with van der Waals surface area (Å²) in [5.41, 5.74) is -2.46. The minimum absolute atomic E-state index is 0.177. The molecule has 0 saturated carbocycles. The van der Waals surface area contributed by atoms with Crippen molar-refractivity contribution in [2.45, 2.75) is 25.2 Å². The number of halogens is 3. The Morgan fingerprint density at radius 2 is 1.92 bits per heavy atom. The van der Waals surface area contributed by atoms with Gasteiger partial charge in [-0.2, -0.15) is 13.2 Å². The molecule has 11 heteroatoms. The Morgan fingerprint density at radius 1 is 1.23 bits per heavy atom. The monoisotopic (exact) mass is 385 g/mol. The lowest BCUT2D eigenvalue weighted by Gasteiger charge is -2.29. The molecule has 1 aromatic heterocycles. The summed E-state index contributed by atoms with van der Waals surface area (Å²) in [6, 6.07) is 7.73. The van der Waals surface area contributed by atoms with Gasteiger partial charge in [-0.15, -0.1) is 10.2 Å². The fourth-order valence-electron chi connectivity index (χ4n) is 2.52. The lowest BCUT2D eigenvalue weighted by atomic mass is 10.1. The largest absolute Gasteiger partial charge is 0.440 e. The maximum Gasteiger partial charge on any atom is 0.440 e. The molecule has 0 bridgehead atoms. The molecule has 2 aromatic rings. The second-order valence-electron chi connectivity index (χ2n) is 5.62. The van der Waals surface area contributed by atoms with Crippen LogP contribution in [0.5, 0.6) is 0 Å². The van der Waals surface area contributed by atoms with E-state index in [1.807, 2.05) is 5.32 Å². The second kappa shape index (κ2) is 6.56. The molecule has 2 heterocycles. The van der Waals surface area contributed by atoms with E-state index in [-0.39, 0.29) is 18.1 Å². The summed E-state index contributed by atoms with van der Waals surface area (Å²) in [4.78, 5) is 25.2. The molecule has 1 aromatic carbocycles. The maximum absolute atomic E-state index is 13.7. The number of urea groups is 1. The molecular formula is C15H14F3N5O2S. The topological polar surface area (TPSA) is 87.2 Å². The molecule has 26 heavy (non-hydrogen) atoms. The Morgan fingerprint density at radius 3 is 2.50 bits per heavy atom. The van der Waals surface area contributed by atoms with Crippen molar-refractivity contribution in [3.8, 4) is 0 Å². The highest BCUT2D eigenvalue weighted by atomic mass is 32.1. The third-order valence-corrected chi connectivity index (χ3v) is 4.57. The first-order valence-corrected chi connectivity index (χ1v) is 8.37. The van der Waals surface area contributed by atoms with Crippen LogP contribution in [0.1, 0.15) is 10.6 Å². The smallest absolute Gasteiger partial charge is 0.322 e. The molecule has 0 radical (unpaired) electrons. The van der Waals surface area contributed by atoms with Crippen molar-refractivity contribution in [3.63, 3.8) is 0 Å². The molecule has 1 atom stereocenters. The molecule has 0 spiro atoms. The lowest BCUT2D eigenvalue weighted by Crippen LogP contribution is -2.64. The first-order chi connectivity index (χ1) is 12.2. The summed E-state index contributed by atoms with van der Waals surface area (Å²) >= 11 is 0.849.